The molecule has 6 heteroatoms. The van der Waals surface area contributed by atoms with Gasteiger partial charge in [0.2, 0.25) is 5.92 Å². The van der Waals surface area contributed by atoms with E-state index >= 15 is 0 Å². The second-order valence-corrected chi connectivity index (χ2v) is 7.94. The summed E-state index contributed by atoms with van der Waals surface area (Å²) < 4.78 is 49.6. The molecule has 2 atom stereocenters. The lowest BCUT2D eigenvalue weighted by molar-refractivity contribution is -0.0568. The summed E-state index contributed by atoms with van der Waals surface area (Å²) in [5.41, 5.74) is -0.920. The summed E-state index contributed by atoms with van der Waals surface area (Å²) in [4.78, 5) is 0. The van der Waals surface area contributed by atoms with Gasteiger partial charge in [-0.2, -0.15) is 5.26 Å². The van der Waals surface area contributed by atoms with Gasteiger partial charge in [0.25, 0.3) is 0 Å². The van der Waals surface area contributed by atoms with Crippen LogP contribution in [0.2, 0.25) is 0 Å². The molecule has 0 bridgehead atoms. The standard InChI is InChI=1S/C12H17F2NO2S/c13-12(14)3-1-2-10(7-12)6-11(8-15)4-5-18(16,17)9-11/h10H,1-7,9H2. The van der Waals surface area contributed by atoms with Crippen molar-refractivity contribution in [3.8, 4) is 6.07 Å². The number of alkyl halides is 2. The van der Waals surface area contributed by atoms with Crippen LogP contribution in [0.3, 0.4) is 0 Å². The smallest absolute Gasteiger partial charge is 0.229 e. The lowest BCUT2D eigenvalue weighted by Gasteiger charge is -2.32. The number of halogens is 2. The van der Waals surface area contributed by atoms with E-state index in [0.717, 1.165) is 0 Å². The molecule has 0 spiro atoms. The third-order valence-electron chi connectivity index (χ3n) is 4.05. The fourth-order valence-electron chi connectivity index (χ4n) is 3.21. The maximum atomic E-state index is 13.3. The highest BCUT2D eigenvalue weighted by Crippen LogP contribution is 2.45. The predicted molar refractivity (Wildman–Crippen MR) is 62.8 cm³/mol. The molecule has 2 fully saturated rings. The van der Waals surface area contributed by atoms with E-state index in [-0.39, 0.29) is 30.3 Å². The van der Waals surface area contributed by atoms with Gasteiger partial charge in [-0.15, -0.1) is 0 Å². The first kappa shape index (κ1) is 13.7. The summed E-state index contributed by atoms with van der Waals surface area (Å²) in [5, 5.41) is 9.21. The van der Waals surface area contributed by atoms with Crippen molar-refractivity contribution in [3.05, 3.63) is 0 Å². The van der Waals surface area contributed by atoms with Gasteiger partial charge in [-0.05, 0) is 31.6 Å². The summed E-state index contributed by atoms with van der Waals surface area (Å²) >= 11 is 0. The normalized spacial score (nSPS) is 38.2. The number of sulfone groups is 1. The van der Waals surface area contributed by atoms with Crippen molar-refractivity contribution < 1.29 is 17.2 Å². The Labute approximate surface area is 106 Å². The Morgan fingerprint density at radius 1 is 1.33 bits per heavy atom. The van der Waals surface area contributed by atoms with E-state index in [1.54, 1.807) is 0 Å². The maximum Gasteiger partial charge on any atom is 0.248 e. The molecule has 1 saturated heterocycles. The van der Waals surface area contributed by atoms with E-state index in [1.165, 1.54) is 0 Å². The zero-order valence-electron chi connectivity index (χ0n) is 10.2. The third-order valence-corrected chi connectivity index (χ3v) is 5.87. The molecular weight excluding hydrogens is 260 g/mol. The van der Waals surface area contributed by atoms with Crippen molar-refractivity contribution >= 4 is 9.84 Å². The Balaban J connectivity index is 2.06. The van der Waals surface area contributed by atoms with Gasteiger partial charge in [0.1, 0.15) is 0 Å². The molecule has 0 N–H and O–H groups in total. The van der Waals surface area contributed by atoms with Gasteiger partial charge in [0.15, 0.2) is 9.84 Å². The molecule has 2 rings (SSSR count). The fourth-order valence-corrected chi connectivity index (χ4v) is 5.23. The van der Waals surface area contributed by atoms with Crippen molar-refractivity contribution in [3.63, 3.8) is 0 Å². The van der Waals surface area contributed by atoms with E-state index in [4.69, 9.17) is 0 Å². The average Bonchev–Trinajstić information content (AvgIpc) is 2.53. The van der Waals surface area contributed by atoms with E-state index in [0.29, 0.717) is 25.7 Å². The lowest BCUT2D eigenvalue weighted by atomic mass is 9.74. The highest BCUT2D eigenvalue weighted by molar-refractivity contribution is 7.91. The Morgan fingerprint density at radius 3 is 2.56 bits per heavy atom. The van der Waals surface area contributed by atoms with Crippen LogP contribution >= 0.6 is 0 Å². The molecule has 0 amide bonds. The van der Waals surface area contributed by atoms with Crippen molar-refractivity contribution in [1.82, 2.24) is 0 Å². The molecule has 3 nitrogen and oxygen atoms in total. The van der Waals surface area contributed by atoms with Gasteiger partial charge >= 0.3 is 0 Å². The average molecular weight is 277 g/mol. The molecule has 1 heterocycles. The van der Waals surface area contributed by atoms with Gasteiger partial charge in [-0.1, -0.05) is 0 Å². The van der Waals surface area contributed by atoms with Crippen molar-refractivity contribution in [1.29, 1.82) is 5.26 Å². The molecule has 18 heavy (non-hydrogen) atoms. The highest BCUT2D eigenvalue weighted by Gasteiger charge is 2.46. The van der Waals surface area contributed by atoms with E-state index in [2.05, 4.69) is 6.07 Å². The zero-order chi connectivity index (χ0) is 13.4. The lowest BCUT2D eigenvalue weighted by Crippen LogP contribution is -2.31. The second-order valence-electron chi connectivity index (χ2n) is 5.76. The second kappa shape index (κ2) is 4.44. The van der Waals surface area contributed by atoms with E-state index < -0.39 is 21.2 Å². The molecule has 1 saturated carbocycles. The Kier molecular flexibility index (Phi) is 3.39. The van der Waals surface area contributed by atoms with Gasteiger partial charge in [-0.25, -0.2) is 17.2 Å². The summed E-state index contributed by atoms with van der Waals surface area (Å²) in [6, 6.07) is 2.08. The molecule has 1 aliphatic carbocycles. The molecule has 2 aliphatic rings. The topological polar surface area (TPSA) is 57.9 Å². The number of hydrogen-bond acceptors (Lipinski definition) is 3. The van der Waals surface area contributed by atoms with Crippen LogP contribution in [0.25, 0.3) is 0 Å². The van der Waals surface area contributed by atoms with Gasteiger partial charge in [0, 0.05) is 12.8 Å². The minimum atomic E-state index is -3.16. The number of rotatable bonds is 2. The van der Waals surface area contributed by atoms with E-state index in [1.807, 2.05) is 0 Å². The number of nitrogens with zero attached hydrogens (tertiary/aromatic N) is 1. The number of nitriles is 1. The largest absolute Gasteiger partial charge is 0.248 e. The first-order valence-electron chi connectivity index (χ1n) is 6.25. The Morgan fingerprint density at radius 2 is 2.06 bits per heavy atom. The molecule has 2 unspecified atom stereocenters. The molecular formula is C12H17F2NO2S. The van der Waals surface area contributed by atoms with Crippen molar-refractivity contribution in [2.24, 2.45) is 11.3 Å². The van der Waals surface area contributed by atoms with Gasteiger partial charge in [0.05, 0.1) is 23.0 Å². The van der Waals surface area contributed by atoms with Crippen LogP contribution in [0, 0.1) is 22.7 Å². The third kappa shape index (κ3) is 3.00. The summed E-state index contributed by atoms with van der Waals surface area (Å²) in [6.07, 6.45) is 1.47. The Bertz CT molecular complexity index is 469. The van der Waals surface area contributed by atoms with Crippen LogP contribution in [0.1, 0.15) is 38.5 Å². The molecule has 1 aliphatic heterocycles. The summed E-state index contributed by atoms with van der Waals surface area (Å²) in [7, 11) is -3.16. The molecule has 0 aromatic carbocycles. The van der Waals surface area contributed by atoms with Crippen LogP contribution in [-0.4, -0.2) is 25.8 Å². The summed E-state index contributed by atoms with van der Waals surface area (Å²) in [5.74, 6) is -3.00. The SMILES string of the molecule is N#CC1(CC2CCCC(F)(F)C2)CCS(=O)(=O)C1. The fraction of sp³-hybridized carbons (Fsp3) is 0.917. The molecule has 0 radical (unpaired) electrons. The first-order valence-corrected chi connectivity index (χ1v) is 8.08. The molecule has 0 aromatic rings. The minimum Gasteiger partial charge on any atom is -0.229 e. The van der Waals surface area contributed by atoms with Crippen molar-refractivity contribution in [2.45, 2.75) is 44.4 Å². The van der Waals surface area contributed by atoms with Gasteiger partial charge < -0.3 is 0 Å². The Hall–Kier alpha value is -0.700. The zero-order valence-corrected chi connectivity index (χ0v) is 11.0. The number of hydrogen-bond donors (Lipinski definition) is 0. The van der Waals surface area contributed by atoms with Crippen LogP contribution in [0.4, 0.5) is 8.78 Å². The first-order chi connectivity index (χ1) is 8.26. The maximum absolute atomic E-state index is 13.3. The van der Waals surface area contributed by atoms with Crippen LogP contribution in [-0.2, 0) is 9.84 Å². The van der Waals surface area contributed by atoms with Gasteiger partial charge in [-0.3, -0.25) is 0 Å². The highest BCUT2D eigenvalue weighted by atomic mass is 32.2. The van der Waals surface area contributed by atoms with Crippen LogP contribution < -0.4 is 0 Å². The van der Waals surface area contributed by atoms with Crippen molar-refractivity contribution in [2.75, 3.05) is 11.5 Å². The minimum absolute atomic E-state index is 0.0175. The molecule has 0 aromatic heterocycles. The van der Waals surface area contributed by atoms with Crippen LogP contribution in [0.15, 0.2) is 0 Å². The molecule has 102 valence electrons. The summed E-state index contributed by atoms with van der Waals surface area (Å²) in [6.45, 7) is 0. The van der Waals surface area contributed by atoms with E-state index in [9.17, 15) is 22.5 Å². The van der Waals surface area contributed by atoms with Crippen LogP contribution in [0.5, 0.6) is 0 Å². The monoisotopic (exact) mass is 277 g/mol. The quantitative estimate of drug-likeness (QED) is 0.779. The predicted octanol–water partition coefficient (Wildman–Crippen LogP) is 2.53.